The maximum Gasteiger partial charge on any atom is 0.0940 e. The summed E-state index contributed by atoms with van der Waals surface area (Å²) in [6.45, 7) is 6.70. The van der Waals surface area contributed by atoms with Crippen molar-refractivity contribution in [2.45, 2.75) is 57.5 Å². The van der Waals surface area contributed by atoms with Crippen molar-refractivity contribution in [2.24, 2.45) is 5.41 Å². The molecule has 3 rings (SSSR count). The summed E-state index contributed by atoms with van der Waals surface area (Å²) >= 11 is 0. The second-order valence-corrected chi connectivity index (χ2v) is 6.79. The van der Waals surface area contributed by atoms with Crippen LogP contribution in [0.1, 0.15) is 39.2 Å². The molecule has 20 heavy (non-hydrogen) atoms. The van der Waals surface area contributed by atoms with Crippen molar-refractivity contribution in [3.8, 4) is 6.07 Å². The predicted molar refractivity (Wildman–Crippen MR) is 75.9 cm³/mol. The minimum atomic E-state index is -0.414. The molecule has 0 spiro atoms. The van der Waals surface area contributed by atoms with Crippen LogP contribution in [-0.2, 0) is 16.1 Å². The van der Waals surface area contributed by atoms with E-state index in [1.54, 1.807) is 0 Å². The lowest BCUT2D eigenvalue weighted by molar-refractivity contribution is -0.194. The Kier molecular flexibility index (Phi) is 2.93. The number of nitrogens with zero attached hydrogens (tertiary/aromatic N) is 1. The first-order valence-electron chi connectivity index (χ1n) is 7.18. The Labute approximate surface area is 120 Å². The van der Waals surface area contributed by atoms with Crippen LogP contribution in [0.15, 0.2) is 30.3 Å². The molecule has 0 radical (unpaired) electrons. The third kappa shape index (κ3) is 1.87. The second-order valence-electron chi connectivity index (χ2n) is 6.79. The molecule has 0 N–H and O–H groups in total. The zero-order chi connectivity index (χ0) is 14.4. The van der Waals surface area contributed by atoms with Gasteiger partial charge in [0.2, 0.25) is 0 Å². The van der Waals surface area contributed by atoms with Crippen LogP contribution in [0.3, 0.4) is 0 Å². The first kappa shape index (κ1) is 13.6. The normalized spacial score (nSPS) is 37.8. The van der Waals surface area contributed by atoms with Gasteiger partial charge in [-0.15, -0.1) is 0 Å². The maximum atomic E-state index is 9.61. The molecule has 3 atom stereocenters. The highest BCUT2D eigenvalue weighted by molar-refractivity contribution is 5.25. The summed E-state index contributed by atoms with van der Waals surface area (Å²) in [6, 6.07) is 12.6. The molecule has 2 fully saturated rings. The van der Waals surface area contributed by atoms with Crippen LogP contribution >= 0.6 is 0 Å². The van der Waals surface area contributed by atoms with E-state index in [0.29, 0.717) is 6.61 Å². The van der Waals surface area contributed by atoms with Gasteiger partial charge in [-0.3, -0.25) is 0 Å². The maximum absolute atomic E-state index is 9.61. The Hall–Kier alpha value is -1.37. The van der Waals surface area contributed by atoms with Crippen molar-refractivity contribution in [3.63, 3.8) is 0 Å². The summed E-state index contributed by atoms with van der Waals surface area (Å²) in [5.41, 5.74) is 0.0179. The summed E-state index contributed by atoms with van der Waals surface area (Å²) in [4.78, 5) is 0. The van der Waals surface area contributed by atoms with Gasteiger partial charge in [0.05, 0.1) is 35.4 Å². The van der Waals surface area contributed by atoms with E-state index in [-0.39, 0.29) is 17.3 Å². The molecule has 106 valence electrons. The van der Waals surface area contributed by atoms with E-state index in [0.717, 1.165) is 18.4 Å². The minimum Gasteiger partial charge on any atom is -0.370 e. The molecule has 1 aromatic carbocycles. The molecule has 3 heteroatoms. The summed E-state index contributed by atoms with van der Waals surface area (Å²) in [5.74, 6) is 0. The minimum absolute atomic E-state index is 0.00428. The highest BCUT2D eigenvalue weighted by Gasteiger charge is 2.68. The number of fused-ring (bicyclic) bond motifs is 2. The van der Waals surface area contributed by atoms with Gasteiger partial charge in [-0.05, 0) is 32.8 Å². The van der Waals surface area contributed by atoms with Gasteiger partial charge in [0, 0.05) is 6.42 Å². The van der Waals surface area contributed by atoms with Crippen molar-refractivity contribution in [1.29, 1.82) is 5.26 Å². The zero-order valence-electron chi connectivity index (χ0n) is 12.3. The Morgan fingerprint density at radius 1 is 1.30 bits per heavy atom. The predicted octanol–water partition coefficient (Wildman–Crippen LogP) is 3.44. The van der Waals surface area contributed by atoms with Crippen molar-refractivity contribution in [2.75, 3.05) is 0 Å². The van der Waals surface area contributed by atoms with E-state index in [4.69, 9.17) is 9.47 Å². The molecule has 3 nitrogen and oxygen atoms in total. The summed E-state index contributed by atoms with van der Waals surface area (Å²) < 4.78 is 12.3. The van der Waals surface area contributed by atoms with E-state index in [1.165, 1.54) is 0 Å². The third-order valence-electron chi connectivity index (χ3n) is 5.02. The highest BCUT2D eigenvalue weighted by atomic mass is 16.6. The first-order chi connectivity index (χ1) is 9.41. The van der Waals surface area contributed by atoms with Gasteiger partial charge < -0.3 is 9.47 Å². The van der Waals surface area contributed by atoms with E-state index in [2.05, 4.69) is 25.1 Å². The van der Waals surface area contributed by atoms with E-state index in [1.807, 2.05) is 32.0 Å². The van der Waals surface area contributed by atoms with Gasteiger partial charge in [-0.1, -0.05) is 30.3 Å². The summed E-state index contributed by atoms with van der Waals surface area (Å²) in [5, 5.41) is 9.61. The van der Waals surface area contributed by atoms with Crippen LogP contribution in [0, 0.1) is 16.7 Å². The molecule has 1 saturated carbocycles. The Balaban J connectivity index is 1.74. The van der Waals surface area contributed by atoms with Gasteiger partial charge in [-0.2, -0.15) is 5.26 Å². The number of rotatable bonds is 3. The SMILES string of the molecule is CC12CC(C#N)(CC1OCc1ccccc1)C(C)(C)O2. The number of ether oxygens (including phenoxy) is 2. The molecule has 1 aromatic rings. The average Bonchev–Trinajstić information content (AvgIpc) is 2.81. The first-order valence-corrected chi connectivity index (χ1v) is 7.18. The van der Waals surface area contributed by atoms with Crippen LogP contribution in [0.4, 0.5) is 0 Å². The van der Waals surface area contributed by atoms with Crippen molar-refractivity contribution in [3.05, 3.63) is 35.9 Å². The Bertz CT molecular complexity index is 548. The lowest BCUT2D eigenvalue weighted by atomic mass is 9.74. The molecule has 1 aliphatic carbocycles. The highest BCUT2D eigenvalue weighted by Crippen LogP contribution is 2.62. The Morgan fingerprint density at radius 3 is 2.60 bits per heavy atom. The quantitative estimate of drug-likeness (QED) is 0.845. The molecule has 1 aliphatic heterocycles. The zero-order valence-corrected chi connectivity index (χ0v) is 12.3. The molecule has 3 unspecified atom stereocenters. The molecular weight excluding hydrogens is 250 g/mol. The lowest BCUT2D eigenvalue weighted by Crippen LogP contribution is -2.49. The van der Waals surface area contributed by atoms with E-state index < -0.39 is 5.41 Å². The molecule has 1 saturated heterocycles. The fourth-order valence-corrected chi connectivity index (χ4v) is 3.78. The van der Waals surface area contributed by atoms with Gasteiger partial charge >= 0.3 is 0 Å². The van der Waals surface area contributed by atoms with Crippen LogP contribution in [-0.4, -0.2) is 17.3 Å². The standard InChI is InChI=1S/C17H21NO2/c1-15(2)17(12-18)9-14(16(3,11-17)20-15)19-10-13-7-5-4-6-8-13/h4-8,14H,9-11H2,1-3H3. The monoisotopic (exact) mass is 271 g/mol. The van der Waals surface area contributed by atoms with E-state index in [9.17, 15) is 5.26 Å². The van der Waals surface area contributed by atoms with Crippen LogP contribution in [0.2, 0.25) is 0 Å². The van der Waals surface area contributed by atoms with Crippen LogP contribution < -0.4 is 0 Å². The Morgan fingerprint density at radius 2 is 2.00 bits per heavy atom. The summed E-state index contributed by atoms with van der Waals surface area (Å²) in [6.07, 6.45) is 1.53. The van der Waals surface area contributed by atoms with Gasteiger partial charge in [0.1, 0.15) is 0 Å². The van der Waals surface area contributed by atoms with Crippen molar-refractivity contribution in [1.82, 2.24) is 0 Å². The molecule has 0 amide bonds. The largest absolute Gasteiger partial charge is 0.370 e. The van der Waals surface area contributed by atoms with Crippen molar-refractivity contribution >= 4 is 0 Å². The number of hydrogen-bond donors (Lipinski definition) is 0. The number of hydrogen-bond acceptors (Lipinski definition) is 3. The number of nitriles is 1. The smallest absolute Gasteiger partial charge is 0.0940 e. The molecule has 1 heterocycles. The van der Waals surface area contributed by atoms with Gasteiger partial charge in [0.25, 0.3) is 0 Å². The molecule has 2 aliphatic rings. The molecule has 0 aromatic heterocycles. The average molecular weight is 271 g/mol. The topological polar surface area (TPSA) is 42.2 Å². The third-order valence-corrected chi connectivity index (χ3v) is 5.02. The number of benzene rings is 1. The second kappa shape index (κ2) is 4.31. The lowest BCUT2D eigenvalue weighted by Gasteiger charge is -2.42. The van der Waals surface area contributed by atoms with E-state index >= 15 is 0 Å². The van der Waals surface area contributed by atoms with Crippen LogP contribution in [0.5, 0.6) is 0 Å². The fourth-order valence-electron chi connectivity index (χ4n) is 3.78. The molecular formula is C17H21NO2. The van der Waals surface area contributed by atoms with Crippen LogP contribution in [0.25, 0.3) is 0 Å². The van der Waals surface area contributed by atoms with Crippen molar-refractivity contribution < 1.29 is 9.47 Å². The fraction of sp³-hybridized carbons (Fsp3) is 0.588. The summed E-state index contributed by atoms with van der Waals surface area (Å²) in [7, 11) is 0. The molecule has 2 bridgehead atoms. The van der Waals surface area contributed by atoms with Gasteiger partial charge in [0.15, 0.2) is 0 Å². The van der Waals surface area contributed by atoms with Gasteiger partial charge in [-0.25, -0.2) is 0 Å².